The molecule has 0 bridgehead atoms. The molecule has 114 valence electrons. The van der Waals surface area contributed by atoms with Gasteiger partial charge in [0, 0.05) is 6.54 Å². The van der Waals surface area contributed by atoms with Gasteiger partial charge in [0.15, 0.2) is 7.98 Å². The zero-order valence-electron chi connectivity index (χ0n) is 13.7. The summed E-state index contributed by atoms with van der Waals surface area (Å²) in [7, 11) is 8.18. The van der Waals surface area contributed by atoms with E-state index in [0.29, 0.717) is 5.56 Å². The van der Waals surface area contributed by atoms with E-state index in [4.69, 9.17) is 7.98 Å². The van der Waals surface area contributed by atoms with E-state index in [9.17, 15) is 4.79 Å². The third kappa shape index (κ3) is 16.7. The van der Waals surface area contributed by atoms with Gasteiger partial charge in [0.05, 0.1) is 12.7 Å². The Kier molecular flexibility index (Phi) is 27.1. The first-order valence-electron chi connectivity index (χ1n) is 6.97. The Balaban J connectivity index is -0.000000250. The van der Waals surface area contributed by atoms with E-state index in [1.54, 1.807) is 24.3 Å². The van der Waals surface area contributed by atoms with Crippen molar-refractivity contribution in [2.45, 2.75) is 27.7 Å². The number of esters is 1. The maximum absolute atomic E-state index is 10.8. The number of rotatable bonds is 4. The van der Waals surface area contributed by atoms with Gasteiger partial charge in [-0.3, -0.25) is 0 Å². The van der Waals surface area contributed by atoms with Crippen LogP contribution in [0.25, 0.3) is 0 Å². The monoisotopic (exact) mass is 280 g/mol. The number of methoxy groups -OCH3 is 1. The van der Waals surface area contributed by atoms with Crippen LogP contribution in [0.15, 0.2) is 30.3 Å². The van der Waals surface area contributed by atoms with Crippen LogP contribution in [0, 0.1) is 0 Å². The third-order valence-corrected chi connectivity index (χ3v) is 1.71. The van der Waals surface area contributed by atoms with Crippen molar-refractivity contribution in [1.82, 2.24) is 10.5 Å². The molecular formula is C15H29BN2O2. The Morgan fingerprint density at radius 2 is 1.60 bits per heavy atom. The highest BCUT2D eigenvalue weighted by atomic mass is 16.5. The van der Waals surface area contributed by atoms with E-state index in [1.807, 2.05) is 40.8 Å². The second kappa shape index (κ2) is 22.8. The molecule has 0 saturated heterocycles. The van der Waals surface area contributed by atoms with Crippen molar-refractivity contribution in [2.24, 2.45) is 0 Å². The largest absolute Gasteiger partial charge is 0.465 e. The molecule has 0 fully saturated rings. The smallest absolute Gasteiger partial charge is 0.337 e. The minimum absolute atomic E-state index is 0.291. The first-order valence-corrected chi connectivity index (χ1v) is 6.97. The molecule has 20 heavy (non-hydrogen) atoms. The summed E-state index contributed by atoms with van der Waals surface area (Å²) in [6.07, 6.45) is 0. The summed E-state index contributed by atoms with van der Waals surface area (Å²) in [5.74, 6) is -0.291. The number of hydrogen-bond donors (Lipinski definition) is 2. The number of ether oxygens (including phenoxy) is 1. The Labute approximate surface area is 125 Å². The molecule has 2 N–H and O–H groups in total. The minimum Gasteiger partial charge on any atom is -0.465 e. The number of carbonyl (C=O) groups excluding carboxylic acids is 1. The summed E-state index contributed by atoms with van der Waals surface area (Å²) in [6.45, 7) is 9.76. The maximum Gasteiger partial charge on any atom is 0.337 e. The Morgan fingerprint density at radius 3 is 1.90 bits per heavy atom. The second-order valence-electron chi connectivity index (χ2n) is 2.92. The van der Waals surface area contributed by atoms with Crippen molar-refractivity contribution in [2.75, 3.05) is 27.2 Å². The quantitative estimate of drug-likeness (QED) is 0.505. The lowest BCUT2D eigenvalue weighted by Gasteiger charge is -1.95. The number of hydrogen-bond acceptors (Lipinski definition) is 4. The van der Waals surface area contributed by atoms with E-state index in [0.717, 1.165) is 13.1 Å². The molecule has 0 spiro atoms. The van der Waals surface area contributed by atoms with Gasteiger partial charge in [-0.25, -0.2) is 4.79 Å². The van der Waals surface area contributed by atoms with Crippen LogP contribution in [-0.4, -0.2) is 41.2 Å². The Hall–Kier alpha value is -1.33. The van der Waals surface area contributed by atoms with Gasteiger partial charge in [0.25, 0.3) is 0 Å². The maximum atomic E-state index is 10.8. The fourth-order valence-corrected chi connectivity index (χ4v) is 0.889. The number of likely N-dealkylation sites (N-methyl/N-ethyl adjacent to an activating group) is 1. The fraction of sp³-hybridized carbons (Fsp3) is 0.533. The van der Waals surface area contributed by atoms with E-state index in [-0.39, 0.29) is 5.97 Å². The van der Waals surface area contributed by atoms with Gasteiger partial charge in [-0.15, -0.1) is 0 Å². The van der Waals surface area contributed by atoms with Crippen LogP contribution in [-0.2, 0) is 4.74 Å². The molecule has 0 atom stereocenters. The van der Waals surface area contributed by atoms with Crippen LogP contribution in [0.5, 0.6) is 0 Å². The van der Waals surface area contributed by atoms with E-state index < -0.39 is 0 Å². The lowest BCUT2D eigenvalue weighted by atomic mass is 10.2. The summed E-state index contributed by atoms with van der Waals surface area (Å²) < 4.78 is 4.50. The van der Waals surface area contributed by atoms with Gasteiger partial charge in [-0.1, -0.05) is 45.9 Å². The van der Waals surface area contributed by atoms with Gasteiger partial charge < -0.3 is 15.3 Å². The predicted octanol–water partition coefficient (Wildman–Crippen LogP) is 2.40. The van der Waals surface area contributed by atoms with Crippen molar-refractivity contribution in [3.8, 4) is 0 Å². The lowest BCUT2D eigenvalue weighted by molar-refractivity contribution is 0.0600. The van der Waals surface area contributed by atoms with Crippen molar-refractivity contribution in [1.29, 1.82) is 0 Å². The molecule has 0 saturated carbocycles. The molecule has 1 aromatic rings. The molecule has 5 heteroatoms. The van der Waals surface area contributed by atoms with Gasteiger partial charge in [-0.05, 0) is 25.7 Å². The predicted molar refractivity (Wildman–Crippen MR) is 88.2 cm³/mol. The average Bonchev–Trinajstić information content (AvgIpc) is 2.57. The normalized spacial score (nSPS) is 7.70. The zero-order valence-corrected chi connectivity index (χ0v) is 13.7. The van der Waals surface area contributed by atoms with Gasteiger partial charge >= 0.3 is 5.97 Å². The van der Waals surface area contributed by atoms with Crippen molar-refractivity contribution in [3.05, 3.63) is 35.9 Å². The topological polar surface area (TPSA) is 50.4 Å². The zero-order chi connectivity index (χ0) is 16.2. The van der Waals surface area contributed by atoms with Crippen LogP contribution in [0.1, 0.15) is 38.1 Å². The average molecular weight is 280 g/mol. The minimum atomic E-state index is -0.291. The van der Waals surface area contributed by atoms with Gasteiger partial charge in [0.1, 0.15) is 0 Å². The summed E-state index contributed by atoms with van der Waals surface area (Å²) in [5.41, 5.74) is 0.588. The molecule has 0 heterocycles. The molecule has 1 rings (SSSR count). The Morgan fingerprint density at radius 1 is 1.10 bits per heavy atom. The van der Waals surface area contributed by atoms with Crippen molar-refractivity contribution < 1.29 is 9.53 Å². The summed E-state index contributed by atoms with van der Waals surface area (Å²) in [6, 6.07) is 8.88. The van der Waals surface area contributed by atoms with Crippen LogP contribution >= 0.6 is 0 Å². The van der Waals surface area contributed by atoms with E-state index >= 15 is 0 Å². The summed E-state index contributed by atoms with van der Waals surface area (Å²) in [4.78, 5) is 10.8. The molecule has 0 unspecified atom stereocenters. The fourth-order valence-electron chi connectivity index (χ4n) is 0.889. The number of nitrogens with one attached hydrogen (secondary N) is 2. The highest BCUT2D eigenvalue weighted by molar-refractivity contribution is 6.04. The molecule has 4 nitrogen and oxygen atoms in total. The number of carbonyl (C=O) groups is 1. The van der Waals surface area contributed by atoms with E-state index in [1.165, 1.54) is 7.11 Å². The first-order chi connectivity index (χ1) is 9.76. The highest BCUT2D eigenvalue weighted by Crippen LogP contribution is 1.98. The molecule has 1 aromatic carbocycles. The molecule has 0 aliphatic heterocycles. The van der Waals surface area contributed by atoms with Gasteiger partial charge in [0.2, 0.25) is 0 Å². The molecule has 0 amide bonds. The van der Waals surface area contributed by atoms with E-state index in [2.05, 4.69) is 15.3 Å². The lowest BCUT2D eigenvalue weighted by Crippen LogP contribution is -2.22. The summed E-state index contributed by atoms with van der Waals surface area (Å²) >= 11 is 0. The molecule has 0 aliphatic carbocycles. The van der Waals surface area contributed by atoms with Crippen LogP contribution < -0.4 is 10.5 Å². The van der Waals surface area contributed by atoms with Crippen LogP contribution in [0.4, 0.5) is 0 Å². The molecular weight excluding hydrogens is 251 g/mol. The van der Waals surface area contributed by atoms with Crippen LogP contribution in [0.2, 0.25) is 0 Å². The molecule has 0 aliphatic rings. The number of benzene rings is 1. The first kappa shape index (κ1) is 23.7. The second-order valence-corrected chi connectivity index (χ2v) is 2.92. The highest BCUT2D eigenvalue weighted by Gasteiger charge is 2.00. The van der Waals surface area contributed by atoms with Crippen molar-refractivity contribution >= 4 is 14.0 Å². The molecule has 0 aromatic heterocycles. The van der Waals surface area contributed by atoms with Gasteiger partial charge in [-0.2, -0.15) is 0 Å². The standard InChI is InChI=1S/C8H8O2.C3H9BN2.2C2H6/c1-10-8(9)7-5-3-2-4-6-7;1-5-2-3-6-4;2*1-2/h2-6H,1H3;5-6H,2-3H2,1H3;2*1-2H3. The Bertz CT molecular complexity index is 278. The van der Waals surface area contributed by atoms with Crippen LogP contribution in [0.3, 0.4) is 0 Å². The van der Waals surface area contributed by atoms with Crippen molar-refractivity contribution in [3.63, 3.8) is 0 Å². The SMILES string of the molecule is CC.CC.COC(=O)c1ccccc1.[B]NCCNC. The molecule has 2 radical (unpaired) electrons. The third-order valence-electron chi connectivity index (χ3n) is 1.71. The summed E-state index contributed by atoms with van der Waals surface area (Å²) in [5, 5.41) is 5.43.